The fourth-order valence-corrected chi connectivity index (χ4v) is 5.23. The lowest BCUT2D eigenvalue weighted by Gasteiger charge is -2.53. The summed E-state index contributed by atoms with van der Waals surface area (Å²) in [4.78, 5) is 29.1. The van der Waals surface area contributed by atoms with Gasteiger partial charge in [-0.3, -0.25) is 0 Å². The van der Waals surface area contributed by atoms with E-state index in [2.05, 4.69) is 25.3 Å². The molecule has 3 aliphatic heterocycles. The summed E-state index contributed by atoms with van der Waals surface area (Å²) in [6.45, 7) is 4.41. The van der Waals surface area contributed by atoms with Gasteiger partial charge in [0.15, 0.2) is 20.3 Å². The largest absolute Gasteiger partial charge is 0.369 e. The van der Waals surface area contributed by atoms with E-state index in [1.807, 2.05) is 0 Å². The molecule has 2 atom stereocenters. The number of rotatable bonds is 6. The number of fused-ring (bicyclic) bond motifs is 1. The van der Waals surface area contributed by atoms with E-state index in [1.54, 1.807) is 10.9 Å². The first kappa shape index (κ1) is 20.8. The predicted octanol–water partition coefficient (Wildman–Crippen LogP) is 1.62. The van der Waals surface area contributed by atoms with Gasteiger partial charge in [0, 0.05) is 25.0 Å². The highest BCUT2D eigenvalue weighted by Gasteiger charge is 2.45. The monoisotopic (exact) mass is 456 g/mol. The molecule has 2 aromatic rings. The third-order valence-corrected chi connectivity index (χ3v) is 6.77. The second kappa shape index (κ2) is 8.43. The molecule has 0 amide bonds. The first-order valence-corrected chi connectivity index (χ1v) is 12.1. The van der Waals surface area contributed by atoms with Crippen LogP contribution < -0.4 is 10.2 Å². The van der Waals surface area contributed by atoms with Crippen molar-refractivity contribution in [1.82, 2.24) is 25.1 Å². The molecule has 0 radical (unpaired) electrons. The van der Waals surface area contributed by atoms with E-state index < -0.39 is 8.38 Å². The Morgan fingerprint density at radius 1 is 1.33 bits per heavy atom. The van der Waals surface area contributed by atoms with Crippen LogP contribution in [0.15, 0.2) is 6.20 Å². The zero-order chi connectivity index (χ0) is 20.7. The summed E-state index contributed by atoms with van der Waals surface area (Å²) in [5.41, 5.74) is 1.01. The summed E-state index contributed by atoms with van der Waals surface area (Å²) in [7, 11) is -2.04. The third kappa shape index (κ3) is 4.02. The standard InChI is InChI=1S/C18H26ClN6O4P/c19-17-22-15(24-9-18(10-24)4-1-5-20-8-18)13-6-21-25(16(13)23-17)14-3-2-12(29-14)7-28-11-30(26)27/h6,12,14,20,26-27H,1-5,7-11H2/t12-,14+/m0/s1. The zero-order valence-electron chi connectivity index (χ0n) is 16.6. The average molecular weight is 457 g/mol. The fraction of sp³-hybridized carbons (Fsp3) is 0.722. The van der Waals surface area contributed by atoms with Crippen LogP contribution >= 0.6 is 20.0 Å². The summed E-state index contributed by atoms with van der Waals surface area (Å²) in [6, 6.07) is 0. The Bertz CT molecular complexity index is 900. The predicted molar refractivity (Wildman–Crippen MR) is 112 cm³/mol. The van der Waals surface area contributed by atoms with E-state index >= 15 is 0 Å². The molecule has 3 aliphatic rings. The second-order valence-corrected chi connectivity index (χ2v) is 9.78. The molecule has 0 aliphatic carbocycles. The molecular weight excluding hydrogens is 431 g/mol. The summed E-state index contributed by atoms with van der Waals surface area (Å²) in [6.07, 6.45) is 5.38. The van der Waals surface area contributed by atoms with Gasteiger partial charge in [0.25, 0.3) is 0 Å². The van der Waals surface area contributed by atoms with Crippen LogP contribution in [-0.2, 0) is 9.47 Å². The molecule has 0 bridgehead atoms. The number of nitrogens with one attached hydrogen (secondary N) is 1. The Morgan fingerprint density at radius 3 is 2.97 bits per heavy atom. The lowest BCUT2D eigenvalue weighted by Crippen LogP contribution is -2.62. The Kier molecular flexibility index (Phi) is 5.83. The van der Waals surface area contributed by atoms with Crippen molar-refractivity contribution in [1.29, 1.82) is 0 Å². The lowest BCUT2D eigenvalue weighted by atomic mass is 9.74. The molecule has 0 unspecified atom stereocenters. The summed E-state index contributed by atoms with van der Waals surface area (Å²) in [5, 5.41) is 9.14. The molecule has 5 rings (SSSR count). The number of nitrogens with zero attached hydrogens (tertiary/aromatic N) is 5. The number of aromatic nitrogens is 4. The molecule has 5 heterocycles. The van der Waals surface area contributed by atoms with E-state index in [9.17, 15) is 0 Å². The first-order chi connectivity index (χ1) is 14.5. The summed E-state index contributed by atoms with van der Waals surface area (Å²) < 4.78 is 13.1. The van der Waals surface area contributed by atoms with Gasteiger partial charge < -0.3 is 29.5 Å². The van der Waals surface area contributed by atoms with Gasteiger partial charge in [0.2, 0.25) is 5.28 Å². The van der Waals surface area contributed by atoms with Crippen molar-refractivity contribution >= 4 is 36.8 Å². The fourth-order valence-electron chi connectivity index (χ4n) is 4.81. The molecule has 2 aromatic heterocycles. The van der Waals surface area contributed by atoms with Crippen LogP contribution in [0.25, 0.3) is 11.0 Å². The molecule has 10 nitrogen and oxygen atoms in total. The summed E-state index contributed by atoms with van der Waals surface area (Å²) >= 11 is 6.28. The zero-order valence-corrected chi connectivity index (χ0v) is 18.2. The Morgan fingerprint density at radius 2 is 2.20 bits per heavy atom. The molecule has 30 heavy (non-hydrogen) atoms. The highest BCUT2D eigenvalue weighted by Crippen LogP contribution is 2.41. The van der Waals surface area contributed by atoms with E-state index in [4.69, 9.17) is 30.9 Å². The first-order valence-electron chi connectivity index (χ1n) is 10.3. The number of anilines is 1. The van der Waals surface area contributed by atoms with Crippen molar-refractivity contribution in [3.05, 3.63) is 11.5 Å². The van der Waals surface area contributed by atoms with Crippen molar-refractivity contribution in [2.75, 3.05) is 44.0 Å². The van der Waals surface area contributed by atoms with E-state index in [1.165, 1.54) is 12.8 Å². The number of hydrogen-bond acceptors (Lipinski definition) is 9. The molecule has 12 heteroatoms. The van der Waals surface area contributed by atoms with Gasteiger partial charge in [-0.1, -0.05) is 0 Å². The van der Waals surface area contributed by atoms with Crippen LogP contribution in [0, 0.1) is 5.41 Å². The molecule has 0 aromatic carbocycles. The van der Waals surface area contributed by atoms with Gasteiger partial charge in [0.05, 0.1) is 24.3 Å². The van der Waals surface area contributed by atoms with Gasteiger partial charge in [-0.2, -0.15) is 15.1 Å². The minimum absolute atomic E-state index is 0.0659. The molecular formula is C18H26ClN6O4P. The number of halogens is 1. The van der Waals surface area contributed by atoms with Crippen LogP contribution in [0.4, 0.5) is 5.82 Å². The normalized spacial score (nSPS) is 26.1. The average Bonchev–Trinajstić information content (AvgIpc) is 3.32. The highest BCUT2D eigenvalue weighted by atomic mass is 35.5. The molecule has 3 saturated heterocycles. The smallest absolute Gasteiger partial charge is 0.226 e. The van der Waals surface area contributed by atoms with E-state index in [-0.39, 0.29) is 24.0 Å². The minimum atomic E-state index is -2.04. The van der Waals surface area contributed by atoms with Crippen molar-refractivity contribution in [2.24, 2.45) is 5.41 Å². The second-order valence-electron chi connectivity index (χ2n) is 8.44. The molecule has 0 saturated carbocycles. The molecule has 3 fully saturated rings. The molecule has 1 spiro atoms. The van der Waals surface area contributed by atoms with Crippen molar-refractivity contribution in [3.8, 4) is 0 Å². The minimum Gasteiger partial charge on any atom is -0.369 e. The number of hydrogen-bond donors (Lipinski definition) is 3. The Balaban J connectivity index is 1.31. The van der Waals surface area contributed by atoms with Gasteiger partial charge in [0.1, 0.15) is 12.2 Å². The molecule has 3 N–H and O–H groups in total. The number of ether oxygens (including phenoxy) is 2. The SMILES string of the molecule is OP(O)COC[C@@H]1CC[C@H](n2ncc3c(N4CC5(CCCNC5)C4)nc(Cl)nc32)O1. The maximum atomic E-state index is 8.96. The van der Waals surface area contributed by atoms with Crippen molar-refractivity contribution in [2.45, 2.75) is 38.0 Å². The highest BCUT2D eigenvalue weighted by molar-refractivity contribution is 7.44. The molecule has 164 valence electrons. The van der Waals surface area contributed by atoms with Crippen LogP contribution in [0.1, 0.15) is 31.9 Å². The van der Waals surface area contributed by atoms with Crippen molar-refractivity contribution < 1.29 is 19.3 Å². The van der Waals surface area contributed by atoms with Crippen LogP contribution in [0.2, 0.25) is 5.28 Å². The van der Waals surface area contributed by atoms with Crippen molar-refractivity contribution in [3.63, 3.8) is 0 Å². The number of piperidine rings is 1. The van der Waals surface area contributed by atoms with Gasteiger partial charge in [-0.25, -0.2) is 4.68 Å². The maximum absolute atomic E-state index is 8.96. The quantitative estimate of drug-likeness (QED) is 0.440. The summed E-state index contributed by atoms with van der Waals surface area (Å²) in [5.74, 6) is 0.838. The van der Waals surface area contributed by atoms with Crippen LogP contribution in [0.5, 0.6) is 0 Å². The van der Waals surface area contributed by atoms with E-state index in [0.717, 1.165) is 50.2 Å². The lowest BCUT2D eigenvalue weighted by molar-refractivity contribution is -0.0384. The topological polar surface area (TPSA) is 118 Å². The van der Waals surface area contributed by atoms with Crippen LogP contribution in [0.3, 0.4) is 0 Å². The maximum Gasteiger partial charge on any atom is 0.226 e. The van der Waals surface area contributed by atoms with Gasteiger partial charge in [-0.15, -0.1) is 0 Å². The third-order valence-electron chi connectivity index (χ3n) is 6.19. The Labute approximate surface area is 180 Å². The Hall–Kier alpha value is -1.13. The van der Waals surface area contributed by atoms with Crippen LogP contribution in [-0.4, -0.2) is 74.8 Å². The van der Waals surface area contributed by atoms with Gasteiger partial charge in [-0.05, 0) is 43.8 Å². The van der Waals surface area contributed by atoms with Gasteiger partial charge >= 0.3 is 0 Å². The van der Waals surface area contributed by atoms with E-state index in [0.29, 0.717) is 17.7 Å².